The fraction of sp³-hybridized carbons (Fsp3) is 0.316. The summed E-state index contributed by atoms with van der Waals surface area (Å²) in [4.78, 5) is 11.8. The summed E-state index contributed by atoms with van der Waals surface area (Å²) in [5.74, 6) is -0.320. The molecule has 0 saturated carbocycles. The fourth-order valence-corrected chi connectivity index (χ4v) is 2.58. The second-order valence-electron chi connectivity index (χ2n) is 5.93. The Hall–Kier alpha value is -2.54. The number of ether oxygens (including phenoxy) is 1. The number of hydrogen-bond acceptors (Lipinski definition) is 3. The minimum atomic E-state index is -4.72. The van der Waals surface area contributed by atoms with Crippen molar-refractivity contribution < 1.29 is 27.9 Å². The number of halogens is 3. The van der Waals surface area contributed by atoms with Crippen LogP contribution in [0, 0.1) is 13.8 Å². The SMILES string of the molecule is CCC(=O)N(O)c1c(COc2ccc(C)cc2C)cccc1C(F)(F)F. The molecule has 140 valence electrons. The van der Waals surface area contributed by atoms with E-state index in [1.807, 2.05) is 26.0 Å². The number of hydrogen-bond donors (Lipinski definition) is 1. The zero-order valence-corrected chi connectivity index (χ0v) is 14.7. The average molecular weight is 367 g/mol. The molecular weight excluding hydrogens is 347 g/mol. The highest BCUT2D eigenvalue weighted by molar-refractivity contribution is 5.92. The van der Waals surface area contributed by atoms with Crippen molar-refractivity contribution in [2.75, 3.05) is 5.06 Å². The molecule has 0 radical (unpaired) electrons. The first kappa shape index (κ1) is 19.8. The molecule has 0 aliphatic carbocycles. The quantitative estimate of drug-likeness (QED) is 0.595. The highest BCUT2D eigenvalue weighted by Gasteiger charge is 2.37. The molecule has 1 amide bonds. The van der Waals surface area contributed by atoms with Gasteiger partial charge in [-0.1, -0.05) is 36.8 Å². The van der Waals surface area contributed by atoms with E-state index in [1.165, 1.54) is 19.1 Å². The van der Waals surface area contributed by atoms with Gasteiger partial charge in [0.15, 0.2) is 0 Å². The molecule has 0 aliphatic heterocycles. The lowest BCUT2D eigenvalue weighted by atomic mass is 10.1. The van der Waals surface area contributed by atoms with E-state index < -0.39 is 23.3 Å². The third-order valence-electron chi connectivity index (χ3n) is 3.89. The molecule has 0 heterocycles. The van der Waals surface area contributed by atoms with Gasteiger partial charge in [0.1, 0.15) is 12.4 Å². The van der Waals surface area contributed by atoms with Gasteiger partial charge in [-0.15, -0.1) is 0 Å². The Morgan fingerprint density at radius 3 is 2.46 bits per heavy atom. The van der Waals surface area contributed by atoms with Crippen LogP contribution in [0.1, 0.15) is 35.6 Å². The van der Waals surface area contributed by atoms with E-state index in [9.17, 15) is 23.2 Å². The van der Waals surface area contributed by atoms with Gasteiger partial charge in [-0.3, -0.25) is 10.0 Å². The zero-order valence-electron chi connectivity index (χ0n) is 14.7. The summed E-state index contributed by atoms with van der Waals surface area (Å²) in [6.45, 7) is 4.97. The van der Waals surface area contributed by atoms with Gasteiger partial charge < -0.3 is 4.74 Å². The number of aryl methyl sites for hydroxylation is 2. The van der Waals surface area contributed by atoms with E-state index in [4.69, 9.17) is 4.74 Å². The molecule has 0 fully saturated rings. The second-order valence-corrected chi connectivity index (χ2v) is 5.93. The lowest BCUT2D eigenvalue weighted by Gasteiger charge is -2.23. The third kappa shape index (κ3) is 4.35. The van der Waals surface area contributed by atoms with Crippen LogP contribution < -0.4 is 9.80 Å². The minimum absolute atomic E-state index is 0.0590. The van der Waals surface area contributed by atoms with Crippen LogP contribution in [0.25, 0.3) is 0 Å². The second kappa shape index (κ2) is 7.78. The Labute approximate surface area is 149 Å². The number of carbonyl (C=O) groups is 1. The summed E-state index contributed by atoms with van der Waals surface area (Å²) in [5.41, 5.74) is 0.234. The van der Waals surface area contributed by atoms with E-state index in [0.717, 1.165) is 17.2 Å². The van der Waals surface area contributed by atoms with Crippen LogP contribution in [0.5, 0.6) is 5.75 Å². The summed E-state index contributed by atoms with van der Waals surface area (Å²) in [6.07, 6.45) is -4.86. The molecule has 0 saturated heterocycles. The van der Waals surface area contributed by atoms with Gasteiger partial charge in [-0.2, -0.15) is 18.2 Å². The lowest BCUT2D eigenvalue weighted by Crippen LogP contribution is -2.30. The molecule has 4 nitrogen and oxygen atoms in total. The Morgan fingerprint density at radius 2 is 1.88 bits per heavy atom. The van der Waals surface area contributed by atoms with Gasteiger partial charge in [0.2, 0.25) is 5.91 Å². The van der Waals surface area contributed by atoms with E-state index in [1.54, 1.807) is 6.07 Å². The largest absolute Gasteiger partial charge is 0.489 e. The summed E-state index contributed by atoms with van der Waals surface area (Å²) in [6, 6.07) is 8.88. The average Bonchev–Trinajstić information content (AvgIpc) is 2.58. The predicted molar refractivity (Wildman–Crippen MR) is 91.3 cm³/mol. The van der Waals surface area contributed by atoms with E-state index in [2.05, 4.69) is 0 Å². The van der Waals surface area contributed by atoms with Crippen LogP contribution in [-0.2, 0) is 17.6 Å². The Bertz CT molecular complexity index is 803. The van der Waals surface area contributed by atoms with E-state index >= 15 is 0 Å². The predicted octanol–water partition coefficient (Wildman–Crippen LogP) is 5.03. The van der Waals surface area contributed by atoms with Gasteiger partial charge in [0.05, 0.1) is 11.3 Å². The van der Waals surface area contributed by atoms with Crippen molar-refractivity contribution in [2.45, 2.75) is 40.0 Å². The molecule has 26 heavy (non-hydrogen) atoms. The number of nitrogens with zero attached hydrogens (tertiary/aromatic N) is 1. The third-order valence-corrected chi connectivity index (χ3v) is 3.89. The molecule has 0 aliphatic rings. The molecule has 1 N–H and O–H groups in total. The van der Waals surface area contributed by atoms with Crippen LogP contribution in [0.2, 0.25) is 0 Å². The first-order valence-electron chi connectivity index (χ1n) is 8.06. The molecule has 2 rings (SSSR count). The van der Waals surface area contributed by atoms with Crippen molar-refractivity contribution in [1.82, 2.24) is 0 Å². The number of anilines is 1. The molecule has 0 atom stereocenters. The number of benzene rings is 2. The standard InChI is InChI=1S/C19H20F3NO3/c1-4-17(24)23(25)18-14(6-5-7-15(18)19(20,21)22)11-26-16-9-8-12(2)10-13(16)3/h5-10,25H,4,11H2,1-3H3. The van der Waals surface area contributed by atoms with Crippen molar-refractivity contribution in [1.29, 1.82) is 0 Å². The van der Waals surface area contributed by atoms with Gasteiger partial charge in [-0.05, 0) is 31.5 Å². The van der Waals surface area contributed by atoms with Crippen molar-refractivity contribution >= 4 is 11.6 Å². The summed E-state index contributed by atoms with van der Waals surface area (Å²) < 4.78 is 45.6. The van der Waals surface area contributed by atoms with Crippen molar-refractivity contribution in [3.63, 3.8) is 0 Å². The van der Waals surface area contributed by atoms with Gasteiger partial charge in [0.25, 0.3) is 0 Å². The van der Waals surface area contributed by atoms with E-state index in [-0.39, 0.29) is 23.7 Å². The maximum atomic E-state index is 13.3. The van der Waals surface area contributed by atoms with Crippen molar-refractivity contribution in [3.8, 4) is 5.75 Å². The van der Waals surface area contributed by atoms with Crippen LogP contribution in [0.3, 0.4) is 0 Å². The summed E-state index contributed by atoms with van der Waals surface area (Å²) in [7, 11) is 0. The first-order valence-corrected chi connectivity index (χ1v) is 8.06. The Balaban J connectivity index is 2.42. The number of carbonyl (C=O) groups excluding carboxylic acids is 1. The number of alkyl halides is 3. The van der Waals surface area contributed by atoms with Crippen molar-refractivity contribution in [3.05, 3.63) is 58.7 Å². The Kier molecular flexibility index (Phi) is 5.92. The molecule has 0 bridgehead atoms. The topological polar surface area (TPSA) is 49.8 Å². The number of amides is 1. The Morgan fingerprint density at radius 1 is 1.19 bits per heavy atom. The van der Waals surface area contributed by atoms with Crippen molar-refractivity contribution in [2.24, 2.45) is 0 Å². The van der Waals surface area contributed by atoms with E-state index in [0.29, 0.717) is 5.75 Å². The molecule has 2 aromatic carbocycles. The zero-order chi connectivity index (χ0) is 19.5. The van der Waals surface area contributed by atoms with Crippen LogP contribution >= 0.6 is 0 Å². The fourth-order valence-electron chi connectivity index (χ4n) is 2.58. The highest BCUT2D eigenvalue weighted by atomic mass is 19.4. The molecule has 0 unspecified atom stereocenters. The first-order chi connectivity index (χ1) is 12.1. The number of hydroxylamine groups is 1. The highest BCUT2D eigenvalue weighted by Crippen LogP contribution is 2.39. The maximum Gasteiger partial charge on any atom is 0.418 e. The number of para-hydroxylation sites is 1. The van der Waals surface area contributed by atoms with Crippen LogP contribution in [-0.4, -0.2) is 11.1 Å². The molecule has 7 heteroatoms. The van der Waals surface area contributed by atoms with Gasteiger partial charge in [-0.25, -0.2) is 0 Å². The lowest BCUT2D eigenvalue weighted by molar-refractivity contribution is -0.138. The minimum Gasteiger partial charge on any atom is -0.489 e. The maximum absolute atomic E-state index is 13.3. The van der Waals surface area contributed by atoms with Crippen LogP contribution in [0.15, 0.2) is 36.4 Å². The number of rotatable bonds is 5. The smallest absolute Gasteiger partial charge is 0.418 e. The molecule has 0 aromatic heterocycles. The monoisotopic (exact) mass is 367 g/mol. The molecule has 2 aromatic rings. The normalized spacial score (nSPS) is 11.3. The molecular formula is C19H20F3NO3. The molecule has 0 spiro atoms. The van der Waals surface area contributed by atoms with Crippen LogP contribution in [0.4, 0.5) is 18.9 Å². The van der Waals surface area contributed by atoms with Gasteiger partial charge in [0, 0.05) is 12.0 Å². The summed E-state index contributed by atoms with van der Waals surface area (Å²) >= 11 is 0. The van der Waals surface area contributed by atoms with Gasteiger partial charge >= 0.3 is 6.18 Å². The summed E-state index contributed by atoms with van der Waals surface area (Å²) in [5, 5.41) is 10.1.